The Morgan fingerprint density at radius 3 is 2.79 bits per heavy atom. The van der Waals surface area contributed by atoms with Crippen LogP contribution in [0.2, 0.25) is 5.02 Å². The minimum absolute atomic E-state index is 0.00895. The molecule has 5 rings (SSSR count). The fourth-order valence-electron chi connectivity index (χ4n) is 4.78. The molecular weight excluding hydrogens is 399 g/mol. The molecule has 3 unspecified atom stereocenters. The molecule has 1 aromatic rings. The fraction of sp³-hybridized carbons (Fsp3) is 0.600. The van der Waals surface area contributed by atoms with E-state index in [4.69, 9.17) is 16.3 Å². The Balaban J connectivity index is 1.25. The van der Waals surface area contributed by atoms with E-state index in [1.54, 1.807) is 0 Å². The van der Waals surface area contributed by atoms with E-state index >= 15 is 0 Å². The topological polar surface area (TPSA) is 82.7 Å². The lowest BCUT2D eigenvalue weighted by Gasteiger charge is -2.39. The van der Waals surface area contributed by atoms with Crippen molar-refractivity contribution in [3.05, 3.63) is 29.0 Å². The quantitative estimate of drug-likeness (QED) is 0.644. The summed E-state index contributed by atoms with van der Waals surface area (Å²) in [4.78, 5) is 24.9. The molecule has 1 aliphatic heterocycles. The number of benzene rings is 1. The van der Waals surface area contributed by atoms with Crippen LogP contribution < -0.4 is 20.8 Å². The lowest BCUT2D eigenvalue weighted by molar-refractivity contribution is -0.127. The lowest BCUT2D eigenvalue weighted by Crippen LogP contribution is -2.53. The number of halogens is 2. The van der Waals surface area contributed by atoms with Crippen molar-refractivity contribution in [3.63, 3.8) is 0 Å². The lowest BCUT2D eigenvalue weighted by atomic mass is 9.76. The van der Waals surface area contributed by atoms with Gasteiger partial charge >= 0.3 is 0 Å². The second kappa shape index (κ2) is 7.74. The first kappa shape index (κ1) is 20.4. The maximum atomic E-state index is 13.4. The van der Waals surface area contributed by atoms with Gasteiger partial charge in [0.2, 0.25) is 5.91 Å². The van der Waals surface area contributed by atoms with Crippen LogP contribution in [-0.4, -0.2) is 54.6 Å². The number of nitrogens with one attached hydrogen (secondary N) is 3. The summed E-state index contributed by atoms with van der Waals surface area (Å²) in [5.74, 6) is -0.184. The van der Waals surface area contributed by atoms with Crippen molar-refractivity contribution in [1.29, 1.82) is 0 Å². The highest BCUT2D eigenvalue weighted by atomic mass is 35.5. The predicted molar refractivity (Wildman–Crippen MR) is 106 cm³/mol. The second-order valence-electron chi connectivity index (χ2n) is 8.50. The highest BCUT2D eigenvalue weighted by Gasteiger charge is 2.57. The Hall–Kier alpha value is -1.90. The Kier molecular flexibility index (Phi) is 5.44. The van der Waals surface area contributed by atoms with Gasteiger partial charge < -0.3 is 15.4 Å². The molecule has 158 valence electrons. The molecule has 7 nitrogen and oxygen atoms in total. The summed E-state index contributed by atoms with van der Waals surface area (Å²) < 4.78 is 18.8. The van der Waals surface area contributed by atoms with Crippen LogP contribution >= 0.6 is 11.6 Å². The Morgan fingerprint density at radius 1 is 1.38 bits per heavy atom. The van der Waals surface area contributed by atoms with E-state index in [0.29, 0.717) is 12.5 Å². The van der Waals surface area contributed by atoms with Crippen molar-refractivity contribution < 1.29 is 18.7 Å². The van der Waals surface area contributed by atoms with Crippen LogP contribution in [0, 0.1) is 17.7 Å². The summed E-state index contributed by atoms with van der Waals surface area (Å²) >= 11 is 5.64. The molecule has 2 bridgehead atoms. The molecule has 3 saturated carbocycles. The zero-order valence-corrected chi connectivity index (χ0v) is 17.3. The monoisotopic (exact) mass is 424 g/mol. The molecule has 1 aromatic carbocycles. The molecule has 1 saturated heterocycles. The Morgan fingerprint density at radius 2 is 2.14 bits per heavy atom. The van der Waals surface area contributed by atoms with E-state index in [9.17, 15) is 14.0 Å². The molecule has 9 heteroatoms. The van der Waals surface area contributed by atoms with Crippen LogP contribution in [0.3, 0.4) is 0 Å². The first-order valence-corrected chi connectivity index (χ1v) is 10.3. The molecule has 4 fully saturated rings. The van der Waals surface area contributed by atoms with Crippen LogP contribution in [0.1, 0.15) is 26.2 Å². The highest BCUT2D eigenvalue weighted by Crippen LogP contribution is 2.52. The van der Waals surface area contributed by atoms with E-state index < -0.39 is 5.82 Å². The van der Waals surface area contributed by atoms with Gasteiger partial charge in [-0.1, -0.05) is 11.6 Å². The first-order chi connectivity index (χ1) is 13.8. The molecule has 0 aromatic heterocycles. The number of hydrogen-bond donors (Lipinski definition) is 3. The van der Waals surface area contributed by atoms with Gasteiger partial charge in [0.15, 0.2) is 6.61 Å². The highest BCUT2D eigenvalue weighted by molar-refractivity contribution is 6.30. The molecule has 0 radical (unpaired) electrons. The molecular formula is C20H26ClFN4O3. The predicted octanol–water partition coefficient (Wildman–Crippen LogP) is 1.47. The van der Waals surface area contributed by atoms with Gasteiger partial charge in [-0.05, 0) is 44.2 Å². The van der Waals surface area contributed by atoms with E-state index in [-0.39, 0.29) is 52.7 Å². The van der Waals surface area contributed by atoms with Crippen LogP contribution in [0.4, 0.5) is 4.39 Å². The van der Waals surface area contributed by atoms with E-state index in [0.717, 1.165) is 25.3 Å². The average molecular weight is 425 g/mol. The van der Waals surface area contributed by atoms with Gasteiger partial charge in [-0.2, -0.15) is 0 Å². The maximum Gasteiger partial charge on any atom is 0.258 e. The third kappa shape index (κ3) is 4.06. The van der Waals surface area contributed by atoms with Gasteiger partial charge in [0, 0.05) is 37.3 Å². The van der Waals surface area contributed by atoms with Crippen LogP contribution in [0.25, 0.3) is 0 Å². The summed E-state index contributed by atoms with van der Waals surface area (Å²) in [7, 11) is 1.94. The molecule has 4 aliphatic rings. The molecule has 3 N–H and O–H groups in total. The molecule has 1 heterocycles. The van der Waals surface area contributed by atoms with Gasteiger partial charge in [-0.15, -0.1) is 0 Å². The Labute approximate surface area is 174 Å². The largest absolute Gasteiger partial charge is 0.484 e. The molecule has 29 heavy (non-hydrogen) atoms. The van der Waals surface area contributed by atoms with Gasteiger partial charge in [0.1, 0.15) is 11.6 Å². The van der Waals surface area contributed by atoms with Crippen LogP contribution in [-0.2, 0) is 9.59 Å². The van der Waals surface area contributed by atoms with Gasteiger partial charge in [-0.3, -0.25) is 15.0 Å². The van der Waals surface area contributed by atoms with Crippen molar-refractivity contribution >= 4 is 23.4 Å². The number of hydrazine groups is 1. The van der Waals surface area contributed by atoms with Gasteiger partial charge in [0.25, 0.3) is 5.91 Å². The van der Waals surface area contributed by atoms with Crippen molar-refractivity contribution in [2.75, 3.05) is 20.2 Å². The van der Waals surface area contributed by atoms with Crippen LogP contribution in [0.15, 0.2) is 18.2 Å². The van der Waals surface area contributed by atoms with Crippen molar-refractivity contribution in [2.45, 2.75) is 43.8 Å². The van der Waals surface area contributed by atoms with E-state index in [1.165, 1.54) is 12.1 Å². The number of rotatable bonds is 6. The smallest absolute Gasteiger partial charge is 0.258 e. The first-order valence-electron chi connectivity index (χ1n) is 9.92. The summed E-state index contributed by atoms with van der Waals surface area (Å²) in [5, 5.41) is 8.21. The van der Waals surface area contributed by atoms with Gasteiger partial charge in [0.05, 0.1) is 10.9 Å². The van der Waals surface area contributed by atoms with Crippen molar-refractivity contribution in [2.24, 2.45) is 11.8 Å². The van der Waals surface area contributed by atoms with E-state index in [2.05, 4.69) is 16.1 Å². The third-order valence-electron chi connectivity index (χ3n) is 6.57. The molecule has 2 amide bonds. The van der Waals surface area contributed by atoms with E-state index in [1.807, 2.05) is 19.0 Å². The standard InChI is InChI=1S/C20H26ClFN4O3/c1-11-14(9-23-26(11)2)19(28)24-17-8-20(6-12(17)7-20)25-18(27)10-29-13-3-4-15(21)16(22)5-13/h3-5,11-12,14,17,23H,6-10H2,1-2H3,(H,24,28)(H,25,27). The summed E-state index contributed by atoms with van der Waals surface area (Å²) in [6.07, 6.45) is 2.45. The number of carbonyl (C=O) groups excluding carboxylic acids is 2. The summed E-state index contributed by atoms with van der Waals surface area (Å²) in [6.45, 7) is 2.49. The minimum atomic E-state index is -0.586. The number of fused-ring (bicyclic) bond motifs is 1. The summed E-state index contributed by atoms with van der Waals surface area (Å²) in [5.41, 5.74) is 2.91. The number of nitrogens with zero attached hydrogens (tertiary/aromatic N) is 1. The maximum absolute atomic E-state index is 13.4. The number of carbonyl (C=O) groups is 2. The zero-order chi connectivity index (χ0) is 20.8. The number of hydrogen-bond acceptors (Lipinski definition) is 5. The number of amides is 2. The van der Waals surface area contributed by atoms with Crippen molar-refractivity contribution in [1.82, 2.24) is 21.1 Å². The summed E-state index contributed by atoms with van der Waals surface area (Å²) in [6, 6.07) is 4.31. The molecule has 3 aliphatic carbocycles. The zero-order valence-electron chi connectivity index (χ0n) is 16.5. The SMILES string of the molecule is CC1C(C(=O)NC2CC3(NC(=O)COc4ccc(Cl)c(F)c4)CC2C3)CNN1C. The molecule has 0 spiro atoms. The van der Waals surface area contributed by atoms with Gasteiger partial charge in [-0.25, -0.2) is 9.40 Å². The number of ether oxygens (including phenoxy) is 1. The van der Waals surface area contributed by atoms with Crippen molar-refractivity contribution in [3.8, 4) is 5.75 Å². The fourth-order valence-corrected chi connectivity index (χ4v) is 4.90. The average Bonchev–Trinajstić information content (AvgIpc) is 3.27. The Bertz CT molecular complexity index is 817. The molecule has 3 atom stereocenters. The second-order valence-corrected chi connectivity index (χ2v) is 8.91. The third-order valence-corrected chi connectivity index (χ3v) is 6.88. The minimum Gasteiger partial charge on any atom is -0.484 e. The van der Waals surface area contributed by atoms with Crippen LogP contribution in [0.5, 0.6) is 5.75 Å². The normalized spacial score (nSPS) is 33.2.